The molecule has 156 valence electrons. The lowest BCUT2D eigenvalue weighted by Gasteiger charge is -2.19. The van der Waals surface area contributed by atoms with E-state index in [-0.39, 0.29) is 16.9 Å². The minimum absolute atomic E-state index is 0.0578. The molecule has 0 spiro atoms. The Morgan fingerprint density at radius 2 is 1.87 bits per heavy atom. The van der Waals surface area contributed by atoms with E-state index in [2.05, 4.69) is 37.7 Å². The maximum Gasteiger partial charge on any atom is 0.262 e. The Morgan fingerprint density at radius 3 is 2.50 bits per heavy atom. The molecule has 5 nitrogen and oxygen atoms in total. The number of fused-ring (bicyclic) bond motifs is 1. The summed E-state index contributed by atoms with van der Waals surface area (Å²) < 4.78 is 1.56. The molecule has 0 saturated carbocycles. The van der Waals surface area contributed by atoms with E-state index in [0.29, 0.717) is 22.6 Å². The van der Waals surface area contributed by atoms with Crippen LogP contribution in [-0.2, 0) is 16.8 Å². The van der Waals surface area contributed by atoms with E-state index in [0.717, 1.165) is 5.69 Å². The number of carbonyl (C=O) groups excluding carboxylic acids is 1. The van der Waals surface area contributed by atoms with Crippen molar-refractivity contribution in [3.8, 4) is 0 Å². The number of amides is 1. The van der Waals surface area contributed by atoms with Crippen LogP contribution < -0.4 is 10.9 Å². The van der Waals surface area contributed by atoms with Gasteiger partial charge < -0.3 is 5.32 Å². The highest BCUT2D eigenvalue weighted by molar-refractivity contribution is 8.00. The minimum atomic E-state index is -0.434. The summed E-state index contributed by atoms with van der Waals surface area (Å²) in [7, 11) is 0. The summed E-state index contributed by atoms with van der Waals surface area (Å²) in [6.45, 7) is 12.3. The van der Waals surface area contributed by atoms with Crippen LogP contribution in [-0.4, -0.2) is 20.7 Å². The first-order valence-electron chi connectivity index (χ1n) is 9.89. The van der Waals surface area contributed by atoms with E-state index in [1.54, 1.807) is 22.8 Å². The van der Waals surface area contributed by atoms with Gasteiger partial charge in [0.25, 0.3) is 5.56 Å². The van der Waals surface area contributed by atoms with Gasteiger partial charge in [0.15, 0.2) is 5.16 Å². The van der Waals surface area contributed by atoms with Crippen molar-refractivity contribution in [2.45, 2.75) is 50.1 Å². The molecule has 0 fully saturated rings. The van der Waals surface area contributed by atoms with E-state index in [9.17, 15) is 9.59 Å². The van der Waals surface area contributed by atoms with E-state index < -0.39 is 5.25 Å². The van der Waals surface area contributed by atoms with Gasteiger partial charge in [-0.25, -0.2) is 4.98 Å². The third-order valence-corrected chi connectivity index (χ3v) is 5.90. The van der Waals surface area contributed by atoms with E-state index in [1.807, 2.05) is 43.3 Å². The standard InChI is InChI=1S/C24H27N3O2S/c1-6-15-27-22(29)19-9-7-8-10-20(19)26-23(27)30-16(2)21(28)25-18-13-11-17(12-14-18)24(3,4)5/h6-14,16H,1,15H2,2-5H3,(H,25,28). The quantitative estimate of drug-likeness (QED) is 0.346. The first-order chi connectivity index (χ1) is 14.2. The van der Waals surface area contributed by atoms with Crippen molar-refractivity contribution in [3.05, 3.63) is 77.1 Å². The van der Waals surface area contributed by atoms with Crippen LogP contribution in [0.2, 0.25) is 0 Å². The second-order valence-corrected chi connectivity index (χ2v) is 9.50. The van der Waals surface area contributed by atoms with Gasteiger partial charge in [0.2, 0.25) is 5.91 Å². The van der Waals surface area contributed by atoms with Crippen molar-refractivity contribution in [1.29, 1.82) is 0 Å². The number of allylic oxidation sites excluding steroid dienone is 1. The molecule has 1 atom stereocenters. The number of anilines is 1. The lowest BCUT2D eigenvalue weighted by atomic mass is 9.87. The number of aromatic nitrogens is 2. The number of benzene rings is 2. The minimum Gasteiger partial charge on any atom is -0.325 e. The van der Waals surface area contributed by atoms with Gasteiger partial charge in [-0.1, -0.05) is 62.9 Å². The Labute approximate surface area is 181 Å². The predicted octanol–water partition coefficient (Wildman–Crippen LogP) is 5.00. The van der Waals surface area contributed by atoms with Crippen LogP contribution in [0.25, 0.3) is 10.9 Å². The van der Waals surface area contributed by atoms with Gasteiger partial charge in [0.1, 0.15) is 0 Å². The summed E-state index contributed by atoms with van der Waals surface area (Å²) in [4.78, 5) is 30.2. The molecule has 0 aliphatic carbocycles. The topological polar surface area (TPSA) is 64.0 Å². The number of rotatable bonds is 6. The van der Waals surface area contributed by atoms with Gasteiger partial charge in [-0.15, -0.1) is 6.58 Å². The molecular weight excluding hydrogens is 394 g/mol. The van der Waals surface area contributed by atoms with Crippen LogP contribution in [0, 0.1) is 0 Å². The second-order valence-electron chi connectivity index (χ2n) is 8.19. The van der Waals surface area contributed by atoms with E-state index >= 15 is 0 Å². The van der Waals surface area contributed by atoms with Gasteiger partial charge in [-0.2, -0.15) is 0 Å². The normalized spacial score (nSPS) is 12.5. The number of thioether (sulfide) groups is 1. The lowest BCUT2D eigenvalue weighted by molar-refractivity contribution is -0.115. The molecule has 0 aliphatic heterocycles. The molecule has 0 bridgehead atoms. The average Bonchev–Trinajstić information content (AvgIpc) is 2.70. The predicted molar refractivity (Wildman–Crippen MR) is 125 cm³/mol. The Balaban J connectivity index is 1.81. The zero-order chi connectivity index (χ0) is 21.9. The van der Waals surface area contributed by atoms with Gasteiger partial charge in [-0.3, -0.25) is 14.2 Å². The fourth-order valence-electron chi connectivity index (χ4n) is 3.04. The SMILES string of the molecule is C=CCn1c(SC(C)C(=O)Nc2ccc(C(C)(C)C)cc2)nc2ccccc2c1=O. The average molecular weight is 422 g/mol. The maximum absolute atomic E-state index is 12.9. The molecule has 0 radical (unpaired) electrons. The van der Waals surface area contributed by atoms with Crippen molar-refractivity contribution < 1.29 is 4.79 Å². The first-order valence-corrected chi connectivity index (χ1v) is 10.8. The van der Waals surface area contributed by atoms with Crippen LogP contribution in [0.3, 0.4) is 0 Å². The molecule has 30 heavy (non-hydrogen) atoms. The molecule has 6 heteroatoms. The van der Waals surface area contributed by atoms with Gasteiger partial charge in [-0.05, 0) is 42.2 Å². The molecule has 1 amide bonds. The second kappa shape index (κ2) is 8.88. The van der Waals surface area contributed by atoms with Crippen LogP contribution >= 0.6 is 11.8 Å². The smallest absolute Gasteiger partial charge is 0.262 e. The summed E-state index contributed by atoms with van der Waals surface area (Å²) in [6, 6.07) is 15.1. The van der Waals surface area contributed by atoms with E-state index in [1.165, 1.54) is 17.3 Å². The molecular formula is C24H27N3O2S. The fraction of sp³-hybridized carbons (Fsp3) is 0.292. The van der Waals surface area contributed by atoms with Crippen LogP contribution in [0.1, 0.15) is 33.3 Å². The molecule has 0 aliphatic rings. The Kier molecular flexibility index (Phi) is 6.46. The van der Waals surface area contributed by atoms with Crippen LogP contribution in [0.15, 0.2) is 71.1 Å². The van der Waals surface area contributed by atoms with Crippen molar-refractivity contribution in [1.82, 2.24) is 9.55 Å². The van der Waals surface area contributed by atoms with Gasteiger partial charge in [0.05, 0.1) is 16.2 Å². The van der Waals surface area contributed by atoms with Crippen molar-refractivity contribution >= 4 is 34.3 Å². The van der Waals surface area contributed by atoms with Crippen molar-refractivity contribution in [2.24, 2.45) is 0 Å². The molecule has 1 heterocycles. The molecule has 1 unspecified atom stereocenters. The first kappa shape index (κ1) is 21.8. The number of para-hydroxylation sites is 1. The molecule has 1 aromatic heterocycles. The molecule has 3 rings (SSSR count). The number of hydrogen-bond acceptors (Lipinski definition) is 4. The van der Waals surface area contributed by atoms with E-state index in [4.69, 9.17) is 0 Å². The summed E-state index contributed by atoms with van der Waals surface area (Å²) in [5.74, 6) is -0.143. The highest BCUT2D eigenvalue weighted by atomic mass is 32.2. The number of nitrogens with zero attached hydrogens (tertiary/aromatic N) is 2. The summed E-state index contributed by atoms with van der Waals surface area (Å²) >= 11 is 1.27. The Morgan fingerprint density at radius 1 is 1.20 bits per heavy atom. The highest BCUT2D eigenvalue weighted by Gasteiger charge is 2.20. The summed E-state index contributed by atoms with van der Waals surface area (Å²) in [5, 5.41) is 3.57. The largest absolute Gasteiger partial charge is 0.325 e. The number of carbonyl (C=O) groups is 1. The fourth-order valence-corrected chi connectivity index (χ4v) is 3.95. The number of hydrogen-bond donors (Lipinski definition) is 1. The molecule has 3 aromatic rings. The van der Waals surface area contributed by atoms with Crippen LogP contribution in [0.5, 0.6) is 0 Å². The van der Waals surface area contributed by atoms with Crippen LogP contribution in [0.4, 0.5) is 5.69 Å². The van der Waals surface area contributed by atoms with Crippen molar-refractivity contribution in [3.63, 3.8) is 0 Å². The zero-order valence-corrected chi connectivity index (χ0v) is 18.6. The number of nitrogens with one attached hydrogen (secondary N) is 1. The molecule has 0 saturated heterocycles. The zero-order valence-electron chi connectivity index (χ0n) is 17.8. The van der Waals surface area contributed by atoms with Gasteiger partial charge in [0, 0.05) is 12.2 Å². The van der Waals surface area contributed by atoms with Crippen molar-refractivity contribution in [2.75, 3.05) is 5.32 Å². The Bertz CT molecular complexity index is 1130. The third-order valence-electron chi connectivity index (χ3n) is 4.81. The maximum atomic E-state index is 12.9. The third kappa shape index (κ3) is 4.82. The summed E-state index contributed by atoms with van der Waals surface area (Å²) in [5.41, 5.74) is 2.50. The molecule has 1 N–H and O–H groups in total. The monoisotopic (exact) mass is 421 g/mol. The lowest BCUT2D eigenvalue weighted by Crippen LogP contribution is -2.26. The van der Waals surface area contributed by atoms with Gasteiger partial charge >= 0.3 is 0 Å². The highest BCUT2D eigenvalue weighted by Crippen LogP contribution is 2.26. The summed E-state index contributed by atoms with van der Waals surface area (Å²) in [6.07, 6.45) is 1.66. The molecule has 2 aromatic carbocycles. The Hall–Kier alpha value is -2.86.